The van der Waals surface area contributed by atoms with Crippen LogP contribution in [0.25, 0.3) is 44.2 Å². The maximum Gasteiger partial charge on any atom is 0.242 e. The smallest absolute Gasteiger partial charge is 0.242 e. The van der Waals surface area contributed by atoms with Crippen molar-refractivity contribution in [2.75, 3.05) is 13.1 Å². The lowest BCUT2D eigenvalue weighted by atomic mass is 9.92. The van der Waals surface area contributed by atoms with Gasteiger partial charge in [0, 0.05) is 30.0 Å². The molecule has 250 valence electrons. The van der Waals surface area contributed by atoms with Gasteiger partial charge >= 0.3 is 0 Å². The van der Waals surface area contributed by atoms with Crippen molar-refractivity contribution >= 4 is 40.0 Å². The Labute approximate surface area is 280 Å². The molecule has 1 aliphatic rings. The van der Waals surface area contributed by atoms with Crippen molar-refractivity contribution in [1.29, 1.82) is 0 Å². The Bertz CT molecular complexity index is 1960. The number of aromatic nitrogens is 4. The van der Waals surface area contributed by atoms with Gasteiger partial charge < -0.3 is 29.8 Å². The predicted octanol–water partition coefficient (Wildman–Crippen LogP) is 6.08. The third kappa shape index (κ3) is 6.62. The Morgan fingerprint density at radius 1 is 1.00 bits per heavy atom. The molecule has 0 saturated heterocycles. The number of fused-ring (bicyclic) bond motifs is 6. The number of H-pyrrole nitrogens is 2. The number of carbonyl (C=O) groups excluding carboxylic acids is 3. The Kier molecular flexibility index (Phi) is 9.75. The first-order valence-electron chi connectivity index (χ1n) is 16.8. The van der Waals surface area contributed by atoms with E-state index in [4.69, 9.17) is 9.72 Å². The molecule has 0 fully saturated rings. The summed E-state index contributed by atoms with van der Waals surface area (Å²) in [6, 6.07) is 14.9. The van der Waals surface area contributed by atoms with Crippen molar-refractivity contribution in [3.63, 3.8) is 0 Å². The molecule has 0 saturated carbocycles. The van der Waals surface area contributed by atoms with Crippen molar-refractivity contribution in [3.05, 3.63) is 65.9 Å². The summed E-state index contributed by atoms with van der Waals surface area (Å²) in [5.41, 5.74) is 6.86. The van der Waals surface area contributed by atoms with Gasteiger partial charge in [-0.3, -0.25) is 14.4 Å². The average Bonchev–Trinajstić information content (AvgIpc) is 3.75. The number of hydrogen-bond acceptors (Lipinski definition) is 6. The molecule has 3 N–H and O–H groups in total. The molecule has 0 spiro atoms. The van der Waals surface area contributed by atoms with Gasteiger partial charge in [-0.05, 0) is 72.5 Å². The summed E-state index contributed by atoms with van der Waals surface area (Å²) < 4.78 is 6.33. The lowest BCUT2D eigenvalue weighted by molar-refractivity contribution is -0.134. The molecule has 1 atom stereocenters. The number of aromatic amines is 2. The summed E-state index contributed by atoms with van der Waals surface area (Å²) in [7, 11) is 0. The van der Waals surface area contributed by atoms with Crippen LogP contribution in [0.1, 0.15) is 70.6 Å². The van der Waals surface area contributed by atoms with Crippen LogP contribution < -0.4 is 10.1 Å². The lowest BCUT2D eigenvalue weighted by Crippen LogP contribution is -2.38. The number of ether oxygens (including phenoxy) is 1. The van der Waals surface area contributed by atoms with Gasteiger partial charge in [-0.1, -0.05) is 39.0 Å². The number of imidazole rings is 2. The van der Waals surface area contributed by atoms with Gasteiger partial charge in [-0.2, -0.15) is 0 Å². The maximum absolute atomic E-state index is 12.9. The van der Waals surface area contributed by atoms with E-state index in [0.29, 0.717) is 44.9 Å². The fourth-order valence-corrected chi connectivity index (χ4v) is 6.38. The fourth-order valence-electron chi connectivity index (χ4n) is 6.38. The van der Waals surface area contributed by atoms with E-state index in [2.05, 4.69) is 76.6 Å². The van der Waals surface area contributed by atoms with Crippen LogP contribution in [0.15, 0.2) is 48.7 Å². The number of hydrogen-bond donors (Lipinski definition) is 3. The third-order valence-electron chi connectivity index (χ3n) is 9.09. The van der Waals surface area contributed by atoms with Crippen molar-refractivity contribution in [3.8, 4) is 28.1 Å². The molecule has 3 aromatic carbocycles. The molecule has 11 nitrogen and oxygen atoms in total. The van der Waals surface area contributed by atoms with Gasteiger partial charge in [0.25, 0.3) is 0 Å². The second-order valence-electron chi connectivity index (χ2n) is 12.5. The van der Waals surface area contributed by atoms with E-state index in [1.54, 1.807) is 11.1 Å². The standard InChI is InChI=1S/C37H43N7O4/c1-5-8-35(46)44(23(4)7-3)20-34-40-30-12-10-24-15-29-27-11-9-25(14-26(27)21-48-32(29)16-28(24)37(30)42-34)31-17-39-33(41-31)19-43(13-6-2)36(47)18-38-22-45/h9-12,14-17,22-23H,5-8,13,18-21H2,1-4H3,(H,38,45)(H,39,41)(H,40,42)/t23-/m0/s1. The summed E-state index contributed by atoms with van der Waals surface area (Å²) in [5.74, 6) is 2.27. The van der Waals surface area contributed by atoms with Crippen LogP contribution in [0.3, 0.4) is 0 Å². The van der Waals surface area contributed by atoms with Crippen LogP contribution in [-0.4, -0.2) is 67.1 Å². The van der Waals surface area contributed by atoms with Crippen LogP contribution >= 0.6 is 0 Å². The Morgan fingerprint density at radius 3 is 2.62 bits per heavy atom. The highest BCUT2D eigenvalue weighted by Gasteiger charge is 2.23. The lowest BCUT2D eigenvalue weighted by Gasteiger charge is -2.27. The van der Waals surface area contributed by atoms with E-state index in [9.17, 15) is 14.4 Å². The van der Waals surface area contributed by atoms with Crippen LogP contribution in [-0.2, 0) is 34.1 Å². The van der Waals surface area contributed by atoms with E-state index >= 15 is 0 Å². The molecule has 0 unspecified atom stereocenters. The molecular formula is C37H43N7O4. The SMILES string of the molecule is CCCC(=O)N(Cc1nc2c(ccc3cc4c(cc32)OCc2cc(-c3cnc(CN(CCC)C(=O)CNC=O)[nH]3)ccc2-4)[nH]1)[C@@H](C)CC. The van der Waals surface area contributed by atoms with Gasteiger partial charge in [-0.15, -0.1) is 0 Å². The first-order chi connectivity index (χ1) is 23.3. The number of nitrogens with zero attached hydrogens (tertiary/aromatic N) is 4. The summed E-state index contributed by atoms with van der Waals surface area (Å²) in [6.07, 6.45) is 5.35. The fraction of sp³-hybridized carbons (Fsp3) is 0.378. The third-order valence-corrected chi connectivity index (χ3v) is 9.09. The van der Waals surface area contributed by atoms with Gasteiger partial charge in [0.1, 0.15) is 24.0 Å². The Morgan fingerprint density at radius 2 is 1.85 bits per heavy atom. The highest BCUT2D eigenvalue weighted by Crippen LogP contribution is 2.42. The van der Waals surface area contributed by atoms with Gasteiger partial charge in [0.2, 0.25) is 18.2 Å². The van der Waals surface area contributed by atoms with E-state index < -0.39 is 0 Å². The molecule has 6 rings (SSSR count). The van der Waals surface area contributed by atoms with Crippen LogP contribution in [0.5, 0.6) is 5.75 Å². The predicted molar refractivity (Wildman–Crippen MR) is 186 cm³/mol. The number of rotatable bonds is 14. The monoisotopic (exact) mass is 649 g/mol. The normalized spacial score (nSPS) is 12.7. The summed E-state index contributed by atoms with van der Waals surface area (Å²) in [4.78, 5) is 56.0. The van der Waals surface area contributed by atoms with E-state index in [-0.39, 0.29) is 24.4 Å². The molecule has 48 heavy (non-hydrogen) atoms. The number of nitrogens with one attached hydrogen (secondary N) is 3. The first kappa shape index (κ1) is 32.7. The number of carbonyl (C=O) groups is 3. The van der Waals surface area contributed by atoms with Crippen LogP contribution in [0.4, 0.5) is 0 Å². The van der Waals surface area contributed by atoms with Crippen molar-refractivity contribution in [1.82, 2.24) is 35.1 Å². The van der Waals surface area contributed by atoms with Crippen molar-refractivity contribution in [2.24, 2.45) is 0 Å². The average molecular weight is 650 g/mol. The molecule has 0 radical (unpaired) electrons. The van der Waals surface area contributed by atoms with Gasteiger partial charge in [-0.25, -0.2) is 9.97 Å². The minimum Gasteiger partial charge on any atom is -0.488 e. The summed E-state index contributed by atoms with van der Waals surface area (Å²) >= 11 is 0. The zero-order chi connectivity index (χ0) is 33.8. The second-order valence-corrected chi connectivity index (χ2v) is 12.5. The highest BCUT2D eigenvalue weighted by atomic mass is 16.5. The highest BCUT2D eigenvalue weighted by molar-refractivity contribution is 6.07. The molecule has 3 amide bonds. The van der Waals surface area contributed by atoms with Crippen molar-refractivity contribution in [2.45, 2.75) is 79.1 Å². The molecule has 0 aliphatic carbocycles. The van der Waals surface area contributed by atoms with Gasteiger partial charge in [0.05, 0.1) is 42.6 Å². The van der Waals surface area contributed by atoms with Gasteiger partial charge in [0.15, 0.2) is 0 Å². The second kappa shape index (κ2) is 14.3. The van der Waals surface area contributed by atoms with E-state index in [0.717, 1.165) is 80.6 Å². The minimum atomic E-state index is -0.153. The molecule has 3 heterocycles. The zero-order valence-corrected chi connectivity index (χ0v) is 28.1. The maximum atomic E-state index is 12.9. The first-order valence-corrected chi connectivity index (χ1v) is 16.8. The van der Waals surface area contributed by atoms with Crippen molar-refractivity contribution < 1.29 is 19.1 Å². The minimum absolute atomic E-state index is 0.0370. The summed E-state index contributed by atoms with van der Waals surface area (Å²) in [5, 5.41) is 4.51. The Balaban J connectivity index is 1.25. The van der Waals surface area contributed by atoms with E-state index in [1.807, 2.05) is 18.7 Å². The molecule has 1 aliphatic heterocycles. The van der Waals surface area contributed by atoms with Crippen LogP contribution in [0.2, 0.25) is 0 Å². The van der Waals surface area contributed by atoms with E-state index in [1.165, 1.54) is 0 Å². The molecule has 11 heteroatoms. The Hall–Kier alpha value is -5.19. The molecule has 0 bridgehead atoms. The molecule has 2 aromatic heterocycles. The quantitative estimate of drug-likeness (QED) is 0.125. The molecular weight excluding hydrogens is 606 g/mol. The largest absolute Gasteiger partial charge is 0.488 e. The number of benzene rings is 3. The van der Waals surface area contributed by atoms with Crippen LogP contribution in [0, 0.1) is 0 Å². The zero-order valence-electron chi connectivity index (χ0n) is 28.1. The molecule has 5 aromatic rings. The topological polar surface area (TPSA) is 136 Å². The number of amides is 3. The summed E-state index contributed by atoms with van der Waals surface area (Å²) in [6.45, 7) is 9.97.